The third-order valence-corrected chi connectivity index (χ3v) is 5.28. The van der Waals surface area contributed by atoms with Gasteiger partial charge in [-0.3, -0.25) is 14.5 Å². The summed E-state index contributed by atoms with van der Waals surface area (Å²) in [5, 5.41) is 0. The standard InChI is InChI=1S/C10H11N3O3S2/c1-6-3-4-11-5-8(6)13-18(15,16)9-7(2)12-10(14)17-9/h3-5,13H,1-2H3,(H,12,14). The molecule has 2 aromatic rings. The average molecular weight is 285 g/mol. The van der Waals surface area contributed by atoms with Crippen LogP contribution in [0.2, 0.25) is 0 Å². The number of aryl methyl sites for hydroxylation is 2. The minimum atomic E-state index is -3.75. The molecular weight excluding hydrogens is 274 g/mol. The zero-order chi connectivity index (χ0) is 13.3. The van der Waals surface area contributed by atoms with Gasteiger partial charge in [0, 0.05) is 11.9 Å². The van der Waals surface area contributed by atoms with Crippen LogP contribution in [0.1, 0.15) is 11.3 Å². The normalized spacial score (nSPS) is 11.4. The second-order valence-electron chi connectivity index (χ2n) is 3.72. The summed E-state index contributed by atoms with van der Waals surface area (Å²) in [7, 11) is -3.75. The van der Waals surface area contributed by atoms with Gasteiger partial charge in [-0.15, -0.1) is 0 Å². The van der Waals surface area contributed by atoms with Crippen molar-refractivity contribution >= 4 is 27.0 Å². The summed E-state index contributed by atoms with van der Waals surface area (Å²) >= 11 is 0.664. The molecule has 0 aromatic carbocycles. The Morgan fingerprint density at radius 3 is 2.67 bits per heavy atom. The lowest BCUT2D eigenvalue weighted by molar-refractivity contribution is 0.602. The molecule has 0 spiro atoms. The molecule has 0 saturated carbocycles. The summed E-state index contributed by atoms with van der Waals surface area (Å²) in [6.45, 7) is 3.31. The van der Waals surface area contributed by atoms with Gasteiger partial charge in [0.2, 0.25) is 0 Å². The number of H-pyrrole nitrogens is 1. The first-order chi connectivity index (χ1) is 8.40. The van der Waals surface area contributed by atoms with E-state index in [1.165, 1.54) is 6.20 Å². The van der Waals surface area contributed by atoms with Crippen LogP contribution in [0.15, 0.2) is 27.5 Å². The first-order valence-electron chi connectivity index (χ1n) is 5.03. The molecule has 0 aliphatic rings. The zero-order valence-electron chi connectivity index (χ0n) is 9.72. The Hall–Kier alpha value is -1.67. The molecule has 96 valence electrons. The van der Waals surface area contributed by atoms with Crippen LogP contribution in [-0.4, -0.2) is 18.4 Å². The molecule has 2 aromatic heterocycles. The largest absolute Gasteiger partial charge is 0.315 e. The predicted octanol–water partition coefficient (Wildman–Crippen LogP) is 1.25. The topological polar surface area (TPSA) is 91.9 Å². The van der Waals surface area contributed by atoms with Crippen LogP contribution in [0.4, 0.5) is 5.69 Å². The number of hydrogen-bond acceptors (Lipinski definition) is 5. The molecule has 0 aliphatic carbocycles. The van der Waals surface area contributed by atoms with E-state index in [4.69, 9.17) is 0 Å². The lowest BCUT2D eigenvalue weighted by Crippen LogP contribution is -2.13. The van der Waals surface area contributed by atoms with Gasteiger partial charge in [-0.1, -0.05) is 11.3 Å². The van der Waals surface area contributed by atoms with Crippen molar-refractivity contribution in [3.05, 3.63) is 39.4 Å². The Kier molecular flexibility index (Phi) is 3.22. The van der Waals surface area contributed by atoms with Gasteiger partial charge in [-0.05, 0) is 25.5 Å². The van der Waals surface area contributed by atoms with Crippen LogP contribution >= 0.6 is 11.3 Å². The molecule has 6 nitrogen and oxygen atoms in total. The Bertz CT molecular complexity index is 731. The smallest absolute Gasteiger partial charge is 0.306 e. The van der Waals surface area contributed by atoms with Crippen molar-refractivity contribution in [2.45, 2.75) is 18.1 Å². The highest BCUT2D eigenvalue weighted by Gasteiger charge is 2.21. The van der Waals surface area contributed by atoms with E-state index in [0.29, 0.717) is 22.7 Å². The van der Waals surface area contributed by atoms with E-state index < -0.39 is 14.9 Å². The highest BCUT2D eigenvalue weighted by molar-refractivity contribution is 7.94. The summed E-state index contributed by atoms with van der Waals surface area (Å²) in [5.41, 5.74) is 1.49. The minimum Gasteiger partial charge on any atom is -0.315 e. The molecule has 0 unspecified atom stereocenters. The van der Waals surface area contributed by atoms with E-state index in [9.17, 15) is 13.2 Å². The number of hydrogen-bond donors (Lipinski definition) is 2. The monoisotopic (exact) mass is 285 g/mol. The van der Waals surface area contributed by atoms with Crippen LogP contribution in [0, 0.1) is 13.8 Å². The van der Waals surface area contributed by atoms with Gasteiger partial charge in [-0.25, -0.2) is 8.42 Å². The fourth-order valence-electron chi connectivity index (χ4n) is 1.41. The quantitative estimate of drug-likeness (QED) is 0.887. The van der Waals surface area contributed by atoms with E-state index in [1.54, 1.807) is 26.1 Å². The van der Waals surface area contributed by atoms with Crippen LogP contribution < -0.4 is 9.60 Å². The maximum atomic E-state index is 12.1. The summed E-state index contributed by atoms with van der Waals surface area (Å²) in [6, 6.07) is 1.70. The van der Waals surface area contributed by atoms with Crippen LogP contribution in [-0.2, 0) is 10.0 Å². The molecule has 2 rings (SSSR count). The van der Waals surface area contributed by atoms with Crippen LogP contribution in [0.3, 0.4) is 0 Å². The molecule has 0 saturated heterocycles. The van der Waals surface area contributed by atoms with E-state index in [2.05, 4.69) is 14.7 Å². The van der Waals surface area contributed by atoms with Gasteiger partial charge in [0.1, 0.15) is 0 Å². The molecule has 0 atom stereocenters. The Morgan fingerprint density at radius 2 is 2.11 bits per heavy atom. The van der Waals surface area contributed by atoms with E-state index in [1.807, 2.05) is 0 Å². The van der Waals surface area contributed by atoms with Gasteiger partial charge in [0.25, 0.3) is 10.0 Å². The highest BCUT2D eigenvalue weighted by atomic mass is 32.2. The summed E-state index contributed by atoms with van der Waals surface area (Å²) in [6.07, 6.45) is 3.00. The minimum absolute atomic E-state index is 0.00393. The second-order valence-corrected chi connectivity index (χ2v) is 6.58. The van der Waals surface area contributed by atoms with Crippen molar-refractivity contribution in [3.8, 4) is 0 Å². The van der Waals surface area contributed by atoms with Crippen LogP contribution in [0.5, 0.6) is 0 Å². The first-order valence-corrected chi connectivity index (χ1v) is 7.33. The van der Waals surface area contributed by atoms with Gasteiger partial charge in [0.05, 0.1) is 11.9 Å². The van der Waals surface area contributed by atoms with Crippen molar-refractivity contribution in [3.63, 3.8) is 0 Å². The average Bonchev–Trinajstić information content (AvgIpc) is 2.62. The Morgan fingerprint density at radius 1 is 1.39 bits per heavy atom. The molecule has 0 aliphatic heterocycles. The number of aromatic nitrogens is 2. The Balaban J connectivity index is 2.43. The van der Waals surface area contributed by atoms with Crippen LogP contribution in [0.25, 0.3) is 0 Å². The Labute approximate surface area is 108 Å². The molecule has 8 heteroatoms. The third-order valence-electron chi connectivity index (χ3n) is 2.31. The maximum absolute atomic E-state index is 12.1. The third kappa shape index (κ3) is 2.44. The number of rotatable bonds is 3. The predicted molar refractivity (Wildman–Crippen MR) is 69.5 cm³/mol. The van der Waals surface area contributed by atoms with E-state index in [0.717, 1.165) is 5.56 Å². The zero-order valence-corrected chi connectivity index (χ0v) is 11.4. The fraction of sp³-hybridized carbons (Fsp3) is 0.200. The second kappa shape index (κ2) is 4.54. The van der Waals surface area contributed by atoms with Crippen molar-refractivity contribution in [2.24, 2.45) is 0 Å². The molecule has 2 N–H and O–H groups in total. The number of thiazole rings is 1. The summed E-state index contributed by atoms with van der Waals surface area (Å²) < 4.78 is 26.6. The summed E-state index contributed by atoms with van der Waals surface area (Å²) in [5.74, 6) is 0. The highest BCUT2D eigenvalue weighted by Crippen LogP contribution is 2.21. The van der Waals surface area contributed by atoms with E-state index >= 15 is 0 Å². The number of nitrogens with one attached hydrogen (secondary N) is 2. The van der Waals surface area contributed by atoms with Gasteiger partial charge < -0.3 is 4.98 Å². The maximum Gasteiger partial charge on any atom is 0.306 e. The van der Waals surface area contributed by atoms with E-state index in [-0.39, 0.29) is 4.21 Å². The number of nitrogens with zero attached hydrogens (tertiary/aromatic N) is 1. The molecule has 0 fully saturated rings. The SMILES string of the molecule is Cc1ccncc1NS(=O)(=O)c1sc(=O)[nH]c1C. The lowest BCUT2D eigenvalue weighted by Gasteiger charge is -2.08. The van der Waals surface area contributed by atoms with Gasteiger partial charge in [-0.2, -0.15) is 0 Å². The molecular formula is C10H11N3O3S2. The first kappa shape index (κ1) is 12.8. The van der Waals surface area contributed by atoms with Crippen molar-refractivity contribution < 1.29 is 8.42 Å². The number of anilines is 1. The number of pyridine rings is 1. The van der Waals surface area contributed by atoms with Crippen molar-refractivity contribution in [2.75, 3.05) is 4.72 Å². The van der Waals surface area contributed by atoms with Gasteiger partial charge in [0.15, 0.2) is 4.21 Å². The van der Waals surface area contributed by atoms with Gasteiger partial charge >= 0.3 is 4.87 Å². The molecule has 18 heavy (non-hydrogen) atoms. The molecule has 0 radical (unpaired) electrons. The number of aromatic amines is 1. The molecule has 0 amide bonds. The van der Waals surface area contributed by atoms with Crippen molar-refractivity contribution in [1.29, 1.82) is 0 Å². The summed E-state index contributed by atoms with van der Waals surface area (Å²) in [4.78, 5) is 17.0. The molecule has 2 heterocycles. The fourth-order valence-corrected chi connectivity index (χ4v) is 3.83. The van der Waals surface area contributed by atoms with Crippen molar-refractivity contribution in [1.82, 2.24) is 9.97 Å². The number of sulfonamides is 1. The molecule has 0 bridgehead atoms. The lowest BCUT2D eigenvalue weighted by atomic mass is 10.3.